The molecule has 0 spiro atoms. The SMILES string of the molecule is CCn1cc(COc2cc(F)cc(C#CCO)c2)cn1. The van der Waals surface area contributed by atoms with Crippen molar-refractivity contribution in [1.82, 2.24) is 9.78 Å². The van der Waals surface area contributed by atoms with Crippen LogP contribution in [0.1, 0.15) is 18.1 Å². The summed E-state index contributed by atoms with van der Waals surface area (Å²) in [7, 11) is 0. The van der Waals surface area contributed by atoms with E-state index in [-0.39, 0.29) is 6.61 Å². The molecule has 0 aliphatic heterocycles. The number of hydrogen-bond donors (Lipinski definition) is 1. The van der Waals surface area contributed by atoms with Crippen LogP contribution in [0.15, 0.2) is 30.6 Å². The van der Waals surface area contributed by atoms with Crippen LogP contribution in [0.3, 0.4) is 0 Å². The zero-order chi connectivity index (χ0) is 14.4. The van der Waals surface area contributed by atoms with E-state index < -0.39 is 5.82 Å². The Balaban J connectivity index is 2.07. The first-order valence-electron chi connectivity index (χ1n) is 6.25. The molecule has 1 N–H and O–H groups in total. The molecule has 0 amide bonds. The summed E-state index contributed by atoms with van der Waals surface area (Å²) in [6, 6.07) is 4.23. The van der Waals surface area contributed by atoms with Gasteiger partial charge in [-0.2, -0.15) is 5.10 Å². The van der Waals surface area contributed by atoms with Crippen molar-refractivity contribution >= 4 is 0 Å². The average molecular weight is 274 g/mol. The quantitative estimate of drug-likeness (QED) is 0.867. The smallest absolute Gasteiger partial charge is 0.128 e. The van der Waals surface area contributed by atoms with Gasteiger partial charge in [-0.05, 0) is 19.1 Å². The number of aromatic nitrogens is 2. The molecular formula is C15H15FN2O2. The minimum Gasteiger partial charge on any atom is -0.489 e. The van der Waals surface area contributed by atoms with E-state index in [1.807, 2.05) is 13.1 Å². The van der Waals surface area contributed by atoms with Crippen molar-refractivity contribution < 1.29 is 14.2 Å². The molecule has 104 valence electrons. The van der Waals surface area contributed by atoms with E-state index in [1.165, 1.54) is 12.1 Å². The van der Waals surface area contributed by atoms with Crippen LogP contribution < -0.4 is 4.74 Å². The van der Waals surface area contributed by atoms with Crippen LogP contribution in [0.4, 0.5) is 4.39 Å². The predicted octanol–water partition coefficient (Wildman–Crippen LogP) is 1.96. The lowest BCUT2D eigenvalue weighted by Gasteiger charge is -2.05. The molecule has 0 saturated heterocycles. The Kier molecular flexibility index (Phi) is 4.75. The summed E-state index contributed by atoms with van der Waals surface area (Å²) < 4.78 is 20.7. The summed E-state index contributed by atoms with van der Waals surface area (Å²) in [5, 5.41) is 12.8. The standard InChI is InChI=1S/C15H15FN2O2/c1-2-18-10-13(9-17-18)11-20-15-7-12(4-3-5-19)6-14(16)8-15/h6-10,19H,2,5,11H2,1H3. The molecule has 0 aliphatic rings. The number of halogens is 1. The van der Waals surface area contributed by atoms with Gasteiger partial charge < -0.3 is 9.84 Å². The van der Waals surface area contributed by atoms with Crippen LogP contribution in [0.25, 0.3) is 0 Å². The number of nitrogens with zero attached hydrogens (tertiary/aromatic N) is 2. The highest BCUT2D eigenvalue weighted by atomic mass is 19.1. The molecule has 0 atom stereocenters. The average Bonchev–Trinajstić information content (AvgIpc) is 2.90. The molecule has 5 heteroatoms. The van der Waals surface area contributed by atoms with Crippen LogP contribution in [-0.4, -0.2) is 21.5 Å². The van der Waals surface area contributed by atoms with Crippen LogP contribution in [0.5, 0.6) is 5.75 Å². The molecule has 4 nitrogen and oxygen atoms in total. The van der Waals surface area contributed by atoms with Gasteiger partial charge in [0.15, 0.2) is 0 Å². The molecule has 0 aliphatic carbocycles. The van der Waals surface area contributed by atoms with Gasteiger partial charge in [-0.1, -0.05) is 11.8 Å². The van der Waals surface area contributed by atoms with Gasteiger partial charge >= 0.3 is 0 Å². The normalized spacial score (nSPS) is 9.95. The van der Waals surface area contributed by atoms with Gasteiger partial charge in [-0.25, -0.2) is 4.39 Å². The summed E-state index contributed by atoms with van der Waals surface area (Å²) in [5.74, 6) is 5.10. The molecule has 0 bridgehead atoms. The van der Waals surface area contributed by atoms with E-state index in [0.29, 0.717) is 17.9 Å². The Morgan fingerprint density at radius 2 is 2.25 bits per heavy atom. The molecular weight excluding hydrogens is 259 g/mol. The first-order chi connectivity index (χ1) is 9.71. The van der Waals surface area contributed by atoms with Crippen LogP contribution in [-0.2, 0) is 13.2 Å². The fourth-order valence-electron chi connectivity index (χ4n) is 1.68. The zero-order valence-electron chi connectivity index (χ0n) is 11.1. The van der Waals surface area contributed by atoms with Crippen molar-refractivity contribution in [2.75, 3.05) is 6.61 Å². The lowest BCUT2D eigenvalue weighted by atomic mass is 10.2. The minimum absolute atomic E-state index is 0.261. The molecule has 1 aromatic heterocycles. The maximum Gasteiger partial charge on any atom is 0.128 e. The monoisotopic (exact) mass is 274 g/mol. The lowest BCUT2D eigenvalue weighted by molar-refractivity contribution is 0.304. The molecule has 0 saturated carbocycles. The largest absolute Gasteiger partial charge is 0.489 e. The van der Waals surface area contributed by atoms with Crippen molar-refractivity contribution in [1.29, 1.82) is 0 Å². The second-order valence-electron chi connectivity index (χ2n) is 4.13. The number of benzene rings is 1. The third-order valence-electron chi connectivity index (χ3n) is 2.60. The van der Waals surface area contributed by atoms with E-state index in [1.54, 1.807) is 16.9 Å². The van der Waals surface area contributed by atoms with Gasteiger partial charge in [0.05, 0.1) is 6.20 Å². The Morgan fingerprint density at radius 3 is 2.95 bits per heavy atom. The number of aliphatic hydroxyl groups is 1. The van der Waals surface area contributed by atoms with Crippen LogP contribution in [0.2, 0.25) is 0 Å². The van der Waals surface area contributed by atoms with Crippen LogP contribution >= 0.6 is 0 Å². The fraction of sp³-hybridized carbons (Fsp3) is 0.267. The predicted molar refractivity (Wildman–Crippen MR) is 72.6 cm³/mol. The maximum absolute atomic E-state index is 13.4. The highest BCUT2D eigenvalue weighted by Crippen LogP contribution is 2.17. The first kappa shape index (κ1) is 14.1. The Hall–Kier alpha value is -2.32. The molecule has 0 unspecified atom stereocenters. The number of aliphatic hydroxyl groups excluding tert-OH is 1. The van der Waals surface area contributed by atoms with Gasteiger partial charge in [0.25, 0.3) is 0 Å². The first-order valence-corrected chi connectivity index (χ1v) is 6.25. The topological polar surface area (TPSA) is 47.3 Å². The number of hydrogen-bond acceptors (Lipinski definition) is 3. The zero-order valence-corrected chi connectivity index (χ0v) is 11.1. The van der Waals surface area contributed by atoms with Crippen molar-refractivity contribution in [3.8, 4) is 17.6 Å². The maximum atomic E-state index is 13.4. The third-order valence-corrected chi connectivity index (χ3v) is 2.60. The summed E-state index contributed by atoms with van der Waals surface area (Å²) in [4.78, 5) is 0. The second-order valence-corrected chi connectivity index (χ2v) is 4.13. The third kappa shape index (κ3) is 3.84. The van der Waals surface area contributed by atoms with Crippen molar-refractivity contribution in [2.24, 2.45) is 0 Å². The summed E-state index contributed by atoms with van der Waals surface area (Å²) in [6.07, 6.45) is 3.60. The molecule has 2 aromatic rings. The molecule has 1 heterocycles. The molecule has 0 radical (unpaired) electrons. The minimum atomic E-state index is -0.422. The summed E-state index contributed by atoms with van der Waals surface area (Å²) in [6.45, 7) is 2.84. The Labute approximate surface area is 116 Å². The van der Waals surface area contributed by atoms with Gasteiger partial charge in [0.1, 0.15) is 24.8 Å². The highest BCUT2D eigenvalue weighted by Gasteiger charge is 2.03. The van der Waals surface area contributed by atoms with E-state index in [9.17, 15) is 4.39 Å². The van der Waals surface area contributed by atoms with E-state index >= 15 is 0 Å². The highest BCUT2D eigenvalue weighted by molar-refractivity contribution is 5.40. The van der Waals surface area contributed by atoms with Crippen LogP contribution in [0, 0.1) is 17.7 Å². The fourth-order valence-corrected chi connectivity index (χ4v) is 1.68. The van der Waals surface area contributed by atoms with E-state index in [0.717, 1.165) is 12.1 Å². The van der Waals surface area contributed by atoms with Gasteiger partial charge in [-0.15, -0.1) is 0 Å². The number of ether oxygens (including phenoxy) is 1. The van der Waals surface area contributed by atoms with E-state index in [2.05, 4.69) is 16.9 Å². The molecule has 1 aromatic carbocycles. The number of rotatable bonds is 4. The van der Waals surface area contributed by atoms with Gasteiger partial charge in [0, 0.05) is 29.9 Å². The Morgan fingerprint density at radius 1 is 1.40 bits per heavy atom. The van der Waals surface area contributed by atoms with Crippen molar-refractivity contribution in [3.63, 3.8) is 0 Å². The molecule has 2 rings (SSSR count). The van der Waals surface area contributed by atoms with E-state index in [4.69, 9.17) is 9.84 Å². The molecule has 20 heavy (non-hydrogen) atoms. The Bertz CT molecular complexity index is 641. The number of aryl methyl sites for hydroxylation is 1. The second kappa shape index (κ2) is 6.73. The van der Waals surface area contributed by atoms with Crippen molar-refractivity contribution in [3.05, 3.63) is 47.5 Å². The molecule has 0 fully saturated rings. The van der Waals surface area contributed by atoms with Gasteiger partial charge in [0.2, 0.25) is 0 Å². The lowest BCUT2D eigenvalue weighted by Crippen LogP contribution is -1.96. The summed E-state index contributed by atoms with van der Waals surface area (Å²) in [5.41, 5.74) is 1.39. The summed E-state index contributed by atoms with van der Waals surface area (Å²) >= 11 is 0. The van der Waals surface area contributed by atoms with Crippen molar-refractivity contribution in [2.45, 2.75) is 20.1 Å². The van der Waals surface area contributed by atoms with Gasteiger partial charge in [-0.3, -0.25) is 4.68 Å².